The maximum Gasteiger partial charge on any atom is 0.242 e. The summed E-state index contributed by atoms with van der Waals surface area (Å²) in [6, 6.07) is 3.45. The highest BCUT2D eigenvalue weighted by molar-refractivity contribution is 9.10. The molecule has 1 aromatic carbocycles. The fraction of sp³-hybridized carbons (Fsp3) is 0.125. The summed E-state index contributed by atoms with van der Waals surface area (Å²) in [5, 5.41) is 0.336. The average molecular weight is 342 g/mol. The number of hydrogen-bond donors (Lipinski definition) is 1. The first-order chi connectivity index (χ1) is 7.53. The molecule has 0 aliphatic carbocycles. The Labute approximate surface area is 110 Å². The molecular weight excluding hydrogens is 336 g/mol. The first-order valence-electron chi connectivity index (χ1n) is 4.11. The molecule has 0 saturated heterocycles. The van der Waals surface area contributed by atoms with E-state index in [2.05, 4.69) is 25.6 Å². The van der Waals surface area contributed by atoms with Crippen LogP contribution >= 0.6 is 38.9 Å². The van der Waals surface area contributed by atoms with Crippen LogP contribution in [0.15, 0.2) is 17.6 Å². The standard InChI is InChI=1S/C8H6BrClN2O2S2/c9-3-16(13,14)12-7-5(10)1-2-6-8(7)11-4-15-6/h1-2,4,12H,3H2. The van der Waals surface area contributed by atoms with Crippen molar-refractivity contribution < 1.29 is 8.42 Å². The lowest BCUT2D eigenvalue weighted by atomic mass is 10.3. The highest BCUT2D eigenvalue weighted by Gasteiger charge is 2.14. The zero-order valence-electron chi connectivity index (χ0n) is 7.78. The molecule has 0 bridgehead atoms. The van der Waals surface area contributed by atoms with Gasteiger partial charge in [-0.1, -0.05) is 27.5 Å². The highest BCUT2D eigenvalue weighted by Crippen LogP contribution is 2.32. The number of rotatable bonds is 3. The van der Waals surface area contributed by atoms with Crippen LogP contribution in [0.5, 0.6) is 0 Å². The van der Waals surface area contributed by atoms with Gasteiger partial charge in [0.15, 0.2) is 0 Å². The number of nitrogens with one attached hydrogen (secondary N) is 1. The van der Waals surface area contributed by atoms with Gasteiger partial charge in [0.05, 0.1) is 20.9 Å². The Morgan fingerprint density at radius 2 is 2.25 bits per heavy atom. The molecule has 4 nitrogen and oxygen atoms in total. The van der Waals surface area contributed by atoms with E-state index in [-0.39, 0.29) is 4.66 Å². The van der Waals surface area contributed by atoms with Crippen LogP contribution in [-0.2, 0) is 10.0 Å². The summed E-state index contributed by atoms with van der Waals surface area (Å²) in [5.41, 5.74) is 2.55. The molecule has 1 heterocycles. The molecule has 0 saturated carbocycles. The Morgan fingerprint density at radius 3 is 2.94 bits per heavy atom. The first kappa shape index (κ1) is 12.1. The number of thiazole rings is 1. The van der Waals surface area contributed by atoms with Gasteiger partial charge in [-0.2, -0.15) is 0 Å². The monoisotopic (exact) mass is 340 g/mol. The third-order valence-corrected chi connectivity index (χ3v) is 5.57. The summed E-state index contributed by atoms with van der Waals surface area (Å²) in [6.45, 7) is 0. The fourth-order valence-corrected chi connectivity index (χ4v) is 3.04. The topological polar surface area (TPSA) is 59.1 Å². The number of hydrogen-bond acceptors (Lipinski definition) is 4. The second-order valence-electron chi connectivity index (χ2n) is 2.95. The quantitative estimate of drug-likeness (QED) is 0.873. The summed E-state index contributed by atoms with van der Waals surface area (Å²) in [4.78, 5) is 4.09. The second-order valence-corrected chi connectivity index (χ2v) is 7.27. The number of sulfonamides is 1. The van der Waals surface area contributed by atoms with E-state index in [4.69, 9.17) is 11.6 Å². The van der Waals surface area contributed by atoms with E-state index in [1.54, 1.807) is 17.6 Å². The van der Waals surface area contributed by atoms with E-state index in [0.717, 1.165) is 4.70 Å². The van der Waals surface area contributed by atoms with Gasteiger partial charge in [0.2, 0.25) is 10.0 Å². The van der Waals surface area contributed by atoms with Crippen molar-refractivity contribution in [2.24, 2.45) is 0 Å². The van der Waals surface area contributed by atoms with E-state index >= 15 is 0 Å². The van der Waals surface area contributed by atoms with Gasteiger partial charge in [0.25, 0.3) is 0 Å². The van der Waals surface area contributed by atoms with Gasteiger partial charge in [-0.3, -0.25) is 4.72 Å². The number of benzene rings is 1. The lowest BCUT2D eigenvalue weighted by Crippen LogP contribution is -2.13. The van der Waals surface area contributed by atoms with Crippen LogP contribution in [0.25, 0.3) is 10.2 Å². The van der Waals surface area contributed by atoms with Gasteiger partial charge >= 0.3 is 0 Å². The van der Waals surface area contributed by atoms with Gasteiger partial charge < -0.3 is 0 Å². The van der Waals surface area contributed by atoms with Gasteiger partial charge in [-0.05, 0) is 12.1 Å². The molecule has 0 aliphatic heterocycles. The van der Waals surface area contributed by atoms with Gasteiger partial charge in [0, 0.05) is 0 Å². The van der Waals surface area contributed by atoms with E-state index < -0.39 is 10.0 Å². The molecule has 86 valence electrons. The molecule has 2 rings (SSSR count). The van der Waals surface area contributed by atoms with Crippen molar-refractivity contribution in [3.05, 3.63) is 22.7 Å². The van der Waals surface area contributed by atoms with Crippen LogP contribution in [0, 0.1) is 0 Å². The average Bonchev–Trinajstić information content (AvgIpc) is 2.70. The maximum atomic E-state index is 11.4. The summed E-state index contributed by atoms with van der Waals surface area (Å²) < 4.78 is 26.0. The van der Waals surface area contributed by atoms with Crippen molar-refractivity contribution in [3.8, 4) is 0 Å². The molecule has 0 amide bonds. The minimum atomic E-state index is -3.42. The summed E-state index contributed by atoms with van der Waals surface area (Å²) in [5.74, 6) is 0. The summed E-state index contributed by atoms with van der Waals surface area (Å²) in [6.07, 6.45) is 0. The first-order valence-corrected chi connectivity index (χ1v) is 8.15. The number of aromatic nitrogens is 1. The highest BCUT2D eigenvalue weighted by atomic mass is 79.9. The Kier molecular flexibility index (Phi) is 3.39. The molecule has 0 unspecified atom stereocenters. The van der Waals surface area contributed by atoms with Crippen molar-refractivity contribution in [3.63, 3.8) is 0 Å². The third kappa shape index (κ3) is 2.32. The van der Waals surface area contributed by atoms with Crippen molar-refractivity contribution in [1.29, 1.82) is 0 Å². The Bertz CT molecular complexity index is 626. The number of alkyl halides is 1. The molecule has 0 fully saturated rings. The fourth-order valence-electron chi connectivity index (χ4n) is 1.19. The van der Waals surface area contributed by atoms with Crippen LogP contribution in [0.4, 0.5) is 5.69 Å². The molecule has 2 aromatic rings. The lowest BCUT2D eigenvalue weighted by Gasteiger charge is -2.07. The third-order valence-electron chi connectivity index (χ3n) is 1.85. The molecular formula is C8H6BrClN2O2S2. The van der Waals surface area contributed by atoms with Crippen molar-refractivity contribution in [1.82, 2.24) is 4.98 Å². The SMILES string of the molecule is O=S(=O)(CBr)Nc1c(Cl)ccc2scnc12. The minimum absolute atomic E-state index is 0.184. The van der Waals surface area contributed by atoms with Crippen molar-refractivity contribution in [2.75, 3.05) is 9.38 Å². The van der Waals surface area contributed by atoms with Gasteiger partial charge in [0.1, 0.15) is 10.2 Å². The zero-order chi connectivity index (χ0) is 11.8. The van der Waals surface area contributed by atoms with Crippen molar-refractivity contribution >= 4 is 64.8 Å². The normalized spacial score (nSPS) is 11.9. The van der Waals surface area contributed by atoms with Gasteiger partial charge in [-0.25, -0.2) is 13.4 Å². The largest absolute Gasteiger partial charge is 0.279 e. The number of halogens is 2. The Morgan fingerprint density at radius 1 is 1.50 bits per heavy atom. The maximum absolute atomic E-state index is 11.4. The predicted octanol–water partition coefficient (Wildman–Crippen LogP) is 3.04. The summed E-state index contributed by atoms with van der Waals surface area (Å²) in [7, 11) is -3.42. The van der Waals surface area contributed by atoms with E-state index in [1.807, 2.05) is 0 Å². The molecule has 0 atom stereocenters. The number of nitrogens with zero attached hydrogens (tertiary/aromatic N) is 1. The molecule has 1 aromatic heterocycles. The molecule has 1 N–H and O–H groups in total. The van der Waals surface area contributed by atoms with Crippen LogP contribution < -0.4 is 4.72 Å². The van der Waals surface area contributed by atoms with Crippen molar-refractivity contribution in [2.45, 2.75) is 0 Å². The molecule has 16 heavy (non-hydrogen) atoms. The van der Waals surface area contributed by atoms with Crippen LogP contribution in [0.1, 0.15) is 0 Å². The van der Waals surface area contributed by atoms with Crippen LogP contribution in [0.2, 0.25) is 5.02 Å². The number of fused-ring (bicyclic) bond motifs is 1. The Balaban J connectivity index is 2.58. The zero-order valence-corrected chi connectivity index (χ0v) is 11.8. The van der Waals surface area contributed by atoms with E-state index in [9.17, 15) is 8.42 Å². The summed E-state index contributed by atoms with van der Waals surface area (Å²) >= 11 is 10.3. The Hall–Kier alpha value is -0.370. The van der Waals surface area contributed by atoms with E-state index in [1.165, 1.54) is 11.3 Å². The molecule has 0 radical (unpaired) electrons. The van der Waals surface area contributed by atoms with Gasteiger partial charge in [-0.15, -0.1) is 11.3 Å². The second kappa shape index (κ2) is 4.48. The van der Waals surface area contributed by atoms with Crippen LogP contribution in [0.3, 0.4) is 0 Å². The predicted molar refractivity (Wildman–Crippen MR) is 71.0 cm³/mol. The van der Waals surface area contributed by atoms with E-state index in [0.29, 0.717) is 16.2 Å². The smallest absolute Gasteiger partial charge is 0.242 e. The molecule has 8 heteroatoms. The molecule has 0 spiro atoms. The lowest BCUT2D eigenvalue weighted by molar-refractivity contribution is 0.606. The number of anilines is 1. The molecule has 0 aliphatic rings. The van der Waals surface area contributed by atoms with Crippen LogP contribution in [-0.4, -0.2) is 18.1 Å². The minimum Gasteiger partial charge on any atom is -0.279 e.